The molecule has 0 saturated carbocycles. The molecule has 3 rings (SSSR count). The SMILES string of the molecule is C=C(/C=C\C(=C/C)c1nc2ccccc2n1-c1ccccc1)/C(=C/C=C(\C)Br)CI. The van der Waals surface area contributed by atoms with Gasteiger partial charge in [-0.2, -0.15) is 0 Å². The fourth-order valence-corrected chi connectivity index (χ4v) is 3.98. The third-order valence-corrected chi connectivity index (χ3v) is 5.77. The van der Waals surface area contributed by atoms with Gasteiger partial charge in [-0.05, 0) is 53.7 Å². The van der Waals surface area contributed by atoms with Crippen molar-refractivity contribution in [3.63, 3.8) is 0 Å². The van der Waals surface area contributed by atoms with E-state index in [0.29, 0.717) is 0 Å². The lowest BCUT2D eigenvalue weighted by atomic mass is 10.1. The summed E-state index contributed by atoms with van der Waals surface area (Å²) in [4.78, 5) is 4.94. The van der Waals surface area contributed by atoms with E-state index in [1.54, 1.807) is 0 Å². The fourth-order valence-electron chi connectivity index (χ4n) is 3.11. The Hall–Kier alpha value is -2.18. The van der Waals surface area contributed by atoms with E-state index in [-0.39, 0.29) is 0 Å². The summed E-state index contributed by atoms with van der Waals surface area (Å²) in [6.45, 7) is 8.33. The number of fused-ring (bicyclic) bond motifs is 1. The number of halogens is 2. The summed E-state index contributed by atoms with van der Waals surface area (Å²) in [5, 5.41) is 0. The number of imidazole rings is 1. The van der Waals surface area contributed by atoms with Crippen LogP contribution in [0.3, 0.4) is 0 Å². The lowest BCUT2D eigenvalue weighted by Gasteiger charge is -2.10. The largest absolute Gasteiger partial charge is 0.292 e. The van der Waals surface area contributed by atoms with Crippen LogP contribution < -0.4 is 0 Å². The summed E-state index contributed by atoms with van der Waals surface area (Å²) in [5.41, 5.74) is 6.41. The Bertz CT molecular complexity index is 1160. The first kappa shape index (κ1) is 22.5. The molecule has 2 aromatic carbocycles. The summed E-state index contributed by atoms with van der Waals surface area (Å²) in [7, 11) is 0. The molecule has 0 spiro atoms. The van der Waals surface area contributed by atoms with Crippen molar-refractivity contribution in [3.05, 3.63) is 113 Å². The minimum absolute atomic E-state index is 0.894. The zero-order chi connectivity index (χ0) is 21.5. The number of hydrogen-bond donors (Lipinski definition) is 0. The van der Waals surface area contributed by atoms with Gasteiger partial charge in [-0.15, -0.1) is 0 Å². The maximum absolute atomic E-state index is 4.94. The molecule has 0 fully saturated rings. The highest BCUT2D eigenvalue weighted by Gasteiger charge is 2.14. The number of aromatic nitrogens is 2. The molecule has 3 aromatic rings. The molecule has 0 saturated heterocycles. The van der Waals surface area contributed by atoms with Crippen molar-refractivity contribution in [2.45, 2.75) is 13.8 Å². The number of rotatable bonds is 7. The Labute approximate surface area is 200 Å². The van der Waals surface area contributed by atoms with Crippen molar-refractivity contribution < 1.29 is 0 Å². The molecule has 0 aliphatic carbocycles. The molecule has 1 heterocycles. The maximum Gasteiger partial charge on any atom is 0.145 e. The lowest BCUT2D eigenvalue weighted by molar-refractivity contribution is 1.06. The minimum Gasteiger partial charge on any atom is -0.292 e. The zero-order valence-corrected chi connectivity index (χ0v) is 20.9. The first-order valence-electron chi connectivity index (χ1n) is 9.71. The van der Waals surface area contributed by atoms with E-state index in [9.17, 15) is 0 Å². The number of para-hydroxylation sites is 3. The van der Waals surface area contributed by atoms with Crippen LogP contribution in [0.4, 0.5) is 0 Å². The minimum atomic E-state index is 0.894. The molecule has 0 radical (unpaired) electrons. The highest BCUT2D eigenvalue weighted by molar-refractivity contribution is 14.1. The Morgan fingerprint density at radius 1 is 1.07 bits per heavy atom. The predicted octanol–water partition coefficient (Wildman–Crippen LogP) is 8.20. The molecule has 30 heavy (non-hydrogen) atoms. The van der Waals surface area contributed by atoms with Crippen LogP contribution in [-0.4, -0.2) is 14.0 Å². The molecule has 0 aliphatic heterocycles. The van der Waals surface area contributed by atoms with Crippen LogP contribution >= 0.6 is 38.5 Å². The molecule has 4 heteroatoms. The molecule has 2 nitrogen and oxygen atoms in total. The summed E-state index contributed by atoms with van der Waals surface area (Å²) in [6.07, 6.45) is 10.4. The molecule has 1 aromatic heterocycles. The van der Waals surface area contributed by atoms with Gasteiger partial charge in [-0.3, -0.25) is 4.57 Å². The van der Waals surface area contributed by atoms with Gasteiger partial charge < -0.3 is 0 Å². The number of hydrogen-bond acceptors (Lipinski definition) is 1. The van der Waals surface area contributed by atoms with Crippen LogP contribution in [0, 0.1) is 0 Å². The second-order valence-electron chi connectivity index (χ2n) is 6.78. The summed E-state index contributed by atoms with van der Waals surface area (Å²) in [5.74, 6) is 0.921. The fraction of sp³-hybridized carbons (Fsp3) is 0.115. The summed E-state index contributed by atoms with van der Waals surface area (Å²) in [6, 6.07) is 18.6. The number of nitrogens with zero attached hydrogens (tertiary/aromatic N) is 2. The molecule has 0 N–H and O–H groups in total. The van der Waals surface area contributed by atoms with E-state index in [4.69, 9.17) is 4.98 Å². The lowest BCUT2D eigenvalue weighted by Crippen LogP contribution is -2.00. The quantitative estimate of drug-likeness (QED) is 0.159. The van der Waals surface area contributed by atoms with Gasteiger partial charge >= 0.3 is 0 Å². The third kappa shape index (κ3) is 5.29. The average Bonchev–Trinajstić information content (AvgIpc) is 3.14. The number of allylic oxidation sites excluding steroid dienone is 9. The van der Waals surface area contributed by atoms with Gasteiger partial charge in [0.05, 0.1) is 11.0 Å². The van der Waals surface area contributed by atoms with Crippen molar-refractivity contribution in [3.8, 4) is 5.69 Å². The Kier molecular flexibility index (Phi) is 8.05. The summed E-state index contributed by atoms with van der Waals surface area (Å²) >= 11 is 5.85. The van der Waals surface area contributed by atoms with Crippen molar-refractivity contribution in [1.29, 1.82) is 0 Å². The average molecular weight is 571 g/mol. The van der Waals surface area contributed by atoms with Gasteiger partial charge in [0.15, 0.2) is 0 Å². The van der Waals surface area contributed by atoms with Gasteiger partial charge in [0, 0.05) is 15.7 Å². The van der Waals surface area contributed by atoms with Crippen molar-refractivity contribution in [2.75, 3.05) is 4.43 Å². The monoisotopic (exact) mass is 570 g/mol. The highest BCUT2D eigenvalue weighted by Crippen LogP contribution is 2.27. The van der Waals surface area contributed by atoms with Crippen LogP contribution in [-0.2, 0) is 0 Å². The number of benzene rings is 2. The van der Waals surface area contributed by atoms with E-state index in [1.165, 1.54) is 5.57 Å². The van der Waals surface area contributed by atoms with E-state index >= 15 is 0 Å². The van der Waals surface area contributed by atoms with Crippen LogP contribution in [0.1, 0.15) is 19.7 Å². The van der Waals surface area contributed by atoms with Crippen molar-refractivity contribution >= 4 is 55.1 Å². The van der Waals surface area contributed by atoms with E-state index in [2.05, 4.69) is 123 Å². The molecule has 0 unspecified atom stereocenters. The first-order valence-corrected chi connectivity index (χ1v) is 12.0. The van der Waals surface area contributed by atoms with E-state index in [0.717, 1.165) is 42.6 Å². The van der Waals surface area contributed by atoms with Gasteiger partial charge in [0.1, 0.15) is 5.82 Å². The van der Waals surface area contributed by atoms with Gasteiger partial charge in [-0.25, -0.2) is 4.98 Å². The molecular weight excluding hydrogens is 547 g/mol. The molecule has 152 valence electrons. The maximum atomic E-state index is 4.94. The highest BCUT2D eigenvalue weighted by atomic mass is 127. The third-order valence-electron chi connectivity index (χ3n) is 4.68. The second-order valence-corrected chi connectivity index (χ2v) is 8.79. The second kappa shape index (κ2) is 10.7. The van der Waals surface area contributed by atoms with Crippen molar-refractivity contribution in [1.82, 2.24) is 9.55 Å². The standard InChI is InChI=1S/C26H24BrIN2/c1-4-21(16-14-19(2)22(18-28)17-15-20(3)27)26-29-24-12-8-9-13-25(24)30(26)23-10-6-5-7-11-23/h4-17H,2,18H2,1,3H3/b16-14-,20-15+,21-4+,22-17+. The normalized spacial score (nSPS) is 13.4. The Morgan fingerprint density at radius 2 is 1.77 bits per heavy atom. The topological polar surface area (TPSA) is 17.8 Å². The van der Waals surface area contributed by atoms with Gasteiger partial charge in [0.2, 0.25) is 0 Å². The zero-order valence-electron chi connectivity index (χ0n) is 17.1. The number of alkyl halides is 1. The van der Waals surface area contributed by atoms with Crippen LogP contribution in [0.5, 0.6) is 0 Å². The molecule has 0 aliphatic rings. The Morgan fingerprint density at radius 3 is 2.43 bits per heavy atom. The van der Waals surface area contributed by atoms with Crippen LogP contribution in [0.25, 0.3) is 22.3 Å². The first-order chi connectivity index (χ1) is 14.5. The molecular formula is C26H24BrIN2. The van der Waals surface area contributed by atoms with Gasteiger partial charge in [-0.1, -0.05) is 106 Å². The van der Waals surface area contributed by atoms with Crippen LogP contribution in [0.15, 0.2) is 107 Å². The Balaban J connectivity index is 2.04. The van der Waals surface area contributed by atoms with Gasteiger partial charge in [0.25, 0.3) is 0 Å². The molecule has 0 bridgehead atoms. The van der Waals surface area contributed by atoms with Crippen molar-refractivity contribution in [2.24, 2.45) is 0 Å². The van der Waals surface area contributed by atoms with E-state index in [1.807, 2.05) is 26.0 Å². The van der Waals surface area contributed by atoms with E-state index < -0.39 is 0 Å². The molecule has 0 atom stereocenters. The summed E-state index contributed by atoms with van der Waals surface area (Å²) < 4.78 is 4.20. The smallest absolute Gasteiger partial charge is 0.145 e. The molecule has 0 amide bonds. The van der Waals surface area contributed by atoms with Crippen LogP contribution in [0.2, 0.25) is 0 Å². The predicted molar refractivity (Wildman–Crippen MR) is 143 cm³/mol.